The van der Waals surface area contributed by atoms with Gasteiger partial charge in [0.15, 0.2) is 0 Å². The Morgan fingerprint density at radius 2 is 1.92 bits per heavy atom. The fraction of sp³-hybridized carbons (Fsp3) is 0.235. The van der Waals surface area contributed by atoms with Crippen LogP contribution in [0.25, 0.3) is 0 Å². The van der Waals surface area contributed by atoms with Gasteiger partial charge in [0, 0.05) is 38.1 Å². The van der Waals surface area contributed by atoms with Gasteiger partial charge in [-0.05, 0) is 24.3 Å². The van der Waals surface area contributed by atoms with E-state index in [2.05, 4.69) is 10.3 Å². The predicted molar refractivity (Wildman–Crippen MR) is 97.5 cm³/mol. The lowest BCUT2D eigenvalue weighted by Gasteiger charge is -2.32. The Labute approximate surface area is 155 Å². The van der Waals surface area contributed by atoms with Gasteiger partial charge < -0.3 is 15.1 Å². The molecule has 2 aromatic rings. The molecule has 25 heavy (non-hydrogen) atoms. The zero-order valence-electron chi connectivity index (χ0n) is 13.3. The molecule has 1 aliphatic rings. The van der Waals surface area contributed by atoms with Gasteiger partial charge in [-0.1, -0.05) is 29.3 Å². The third kappa shape index (κ3) is 4.03. The molecule has 0 bridgehead atoms. The predicted octanol–water partition coefficient (Wildman–Crippen LogP) is 3.05. The van der Waals surface area contributed by atoms with E-state index in [0.717, 1.165) is 6.41 Å². The molecule has 1 aromatic heterocycles. The monoisotopic (exact) mass is 378 g/mol. The number of halogens is 2. The van der Waals surface area contributed by atoms with Crippen LogP contribution in [0.15, 0.2) is 36.5 Å². The smallest absolute Gasteiger partial charge is 0.272 e. The highest BCUT2D eigenvalue weighted by atomic mass is 35.5. The molecule has 0 unspecified atom stereocenters. The Balaban J connectivity index is 1.74. The van der Waals surface area contributed by atoms with Crippen molar-refractivity contribution in [2.24, 2.45) is 0 Å². The van der Waals surface area contributed by atoms with E-state index >= 15 is 0 Å². The maximum Gasteiger partial charge on any atom is 0.272 e. The van der Waals surface area contributed by atoms with Gasteiger partial charge in [0.2, 0.25) is 6.41 Å². The Morgan fingerprint density at radius 1 is 1.16 bits per heavy atom. The normalized spacial score (nSPS) is 14.3. The van der Waals surface area contributed by atoms with Crippen LogP contribution in [0.1, 0.15) is 10.5 Å². The van der Waals surface area contributed by atoms with Crippen molar-refractivity contribution in [2.45, 2.75) is 0 Å². The van der Waals surface area contributed by atoms with Crippen LogP contribution in [-0.4, -0.2) is 53.3 Å². The zero-order chi connectivity index (χ0) is 17.8. The maximum atomic E-state index is 12.6. The Hall–Kier alpha value is -2.31. The van der Waals surface area contributed by atoms with Gasteiger partial charge in [-0.3, -0.25) is 14.6 Å². The molecule has 0 spiro atoms. The molecule has 1 aliphatic heterocycles. The number of amides is 2. The fourth-order valence-corrected chi connectivity index (χ4v) is 2.92. The number of hydrogen-bond acceptors (Lipinski definition) is 4. The summed E-state index contributed by atoms with van der Waals surface area (Å²) in [6.07, 6.45) is 2.37. The number of rotatable bonds is 4. The van der Waals surface area contributed by atoms with Crippen LogP contribution in [0.4, 0.5) is 11.4 Å². The van der Waals surface area contributed by atoms with Gasteiger partial charge >= 0.3 is 0 Å². The van der Waals surface area contributed by atoms with Gasteiger partial charge in [-0.15, -0.1) is 0 Å². The van der Waals surface area contributed by atoms with Crippen molar-refractivity contribution in [3.63, 3.8) is 0 Å². The van der Waals surface area contributed by atoms with E-state index in [1.807, 2.05) is 0 Å². The average Bonchev–Trinajstić information content (AvgIpc) is 2.65. The SMILES string of the molecule is O=CN1CCN(C(=O)c2cc(Nc3cccc(Cl)c3Cl)ccn2)CC1. The second kappa shape index (κ2) is 7.72. The first-order chi connectivity index (χ1) is 12.1. The van der Waals surface area contributed by atoms with Gasteiger partial charge in [0.25, 0.3) is 5.91 Å². The lowest BCUT2D eigenvalue weighted by molar-refractivity contribution is -0.119. The molecule has 130 valence electrons. The van der Waals surface area contributed by atoms with Crippen molar-refractivity contribution in [1.29, 1.82) is 0 Å². The minimum atomic E-state index is -0.161. The summed E-state index contributed by atoms with van der Waals surface area (Å²) >= 11 is 12.2. The molecular weight excluding hydrogens is 363 g/mol. The van der Waals surface area contributed by atoms with Crippen molar-refractivity contribution in [2.75, 3.05) is 31.5 Å². The molecule has 6 nitrogen and oxygen atoms in total. The molecule has 2 heterocycles. The lowest BCUT2D eigenvalue weighted by Crippen LogP contribution is -2.48. The number of carbonyl (C=O) groups excluding carboxylic acids is 2. The summed E-state index contributed by atoms with van der Waals surface area (Å²) in [7, 11) is 0. The molecular formula is C17H16Cl2N4O2. The van der Waals surface area contributed by atoms with Gasteiger partial charge in [0.05, 0.1) is 15.7 Å². The molecule has 1 saturated heterocycles. The molecule has 0 aliphatic carbocycles. The first-order valence-corrected chi connectivity index (χ1v) is 8.50. The largest absolute Gasteiger partial charge is 0.354 e. The van der Waals surface area contributed by atoms with Crippen LogP contribution in [0.3, 0.4) is 0 Å². The molecule has 1 fully saturated rings. The van der Waals surface area contributed by atoms with Gasteiger partial charge in [-0.25, -0.2) is 0 Å². The standard InChI is InChI=1S/C17H16Cl2N4O2/c18-13-2-1-3-14(16(13)19)21-12-4-5-20-15(10-12)17(25)23-8-6-22(11-24)7-9-23/h1-5,10-11H,6-9H2,(H,20,21). The minimum Gasteiger partial charge on any atom is -0.354 e. The van der Waals surface area contributed by atoms with Crippen LogP contribution in [0, 0.1) is 0 Å². The number of nitrogens with zero attached hydrogens (tertiary/aromatic N) is 3. The second-order valence-electron chi connectivity index (χ2n) is 5.59. The number of carbonyl (C=O) groups is 2. The van der Waals surface area contributed by atoms with Crippen molar-refractivity contribution >= 4 is 46.9 Å². The van der Waals surface area contributed by atoms with E-state index in [4.69, 9.17) is 23.2 Å². The highest BCUT2D eigenvalue weighted by Gasteiger charge is 2.22. The summed E-state index contributed by atoms with van der Waals surface area (Å²) in [5.41, 5.74) is 1.68. The molecule has 3 rings (SSSR count). The number of pyridine rings is 1. The number of benzene rings is 1. The van der Waals surface area contributed by atoms with Crippen molar-refractivity contribution in [3.05, 3.63) is 52.3 Å². The van der Waals surface area contributed by atoms with E-state index in [9.17, 15) is 9.59 Å². The summed E-state index contributed by atoms with van der Waals surface area (Å²) in [6, 6.07) is 8.71. The topological polar surface area (TPSA) is 65.5 Å². The maximum absolute atomic E-state index is 12.6. The highest BCUT2D eigenvalue weighted by molar-refractivity contribution is 6.43. The number of aromatic nitrogens is 1. The molecule has 1 N–H and O–H groups in total. The van der Waals surface area contributed by atoms with Crippen LogP contribution in [0.2, 0.25) is 10.0 Å². The molecule has 2 amide bonds. The number of anilines is 2. The average molecular weight is 379 g/mol. The van der Waals surface area contributed by atoms with E-state index in [-0.39, 0.29) is 5.91 Å². The summed E-state index contributed by atoms with van der Waals surface area (Å²) in [6.45, 7) is 2.06. The van der Waals surface area contributed by atoms with Gasteiger partial charge in [0.1, 0.15) is 5.69 Å². The first-order valence-electron chi connectivity index (χ1n) is 7.74. The number of piperazine rings is 1. The summed E-state index contributed by atoms with van der Waals surface area (Å²) in [5.74, 6) is -0.161. The summed E-state index contributed by atoms with van der Waals surface area (Å²) in [5, 5.41) is 4.01. The Kier molecular flexibility index (Phi) is 5.40. The minimum absolute atomic E-state index is 0.161. The Morgan fingerprint density at radius 3 is 2.64 bits per heavy atom. The zero-order valence-corrected chi connectivity index (χ0v) is 14.8. The van der Waals surface area contributed by atoms with E-state index in [1.54, 1.807) is 46.3 Å². The van der Waals surface area contributed by atoms with E-state index in [1.165, 1.54) is 0 Å². The van der Waals surface area contributed by atoms with Crippen LogP contribution >= 0.6 is 23.2 Å². The quantitative estimate of drug-likeness (QED) is 0.830. The lowest BCUT2D eigenvalue weighted by atomic mass is 10.2. The van der Waals surface area contributed by atoms with Gasteiger partial charge in [-0.2, -0.15) is 0 Å². The van der Waals surface area contributed by atoms with Crippen LogP contribution in [-0.2, 0) is 4.79 Å². The molecule has 0 radical (unpaired) electrons. The number of nitrogens with one attached hydrogen (secondary N) is 1. The van der Waals surface area contributed by atoms with E-state index < -0.39 is 0 Å². The highest BCUT2D eigenvalue weighted by Crippen LogP contribution is 2.31. The van der Waals surface area contributed by atoms with Crippen molar-refractivity contribution < 1.29 is 9.59 Å². The second-order valence-corrected chi connectivity index (χ2v) is 6.37. The summed E-state index contributed by atoms with van der Waals surface area (Å²) in [4.78, 5) is 30.9. The molecule has 0 saturated carbocycles. The van der Waals surface area contributed by atoms with Crippen molar-refractivity contribution in [1.82, 2.24) is 14.8 Å². The first kappa shape index (κ1) is 17.5. The van der Waals surface area contributed by atoms with Crippen molar-refractivity contribution in [3.8, 4) is 0 Å². The fourth-order valence-electron chi connectivity index (χ4n) is 2.57. The third-order valence-electron chi connectivity index (χ3n) is 3.96. The number of hydrogen-bond donors (Lipinski definition) is 1. The third-order valence-corrected chi connectivity index (χ3v) is 4.78. The molecule has 1 aromatic carbocycles. The van der Waals surface area contributed by atoms with E-state index in [0.29, 0.717) is 53.3 Å². The molecule has 0 atom stereocenters. The van der Waals surface area contributed by atoms with Crippen LogP contribution in [0.5, 0.6) is 0 Å². The van der Waals surface area contributed by atoms with Crippen LogP contribution < -0.4 is 5.32 Å². The summed E-state index contributed by atoms with van der Waals surface area (Å²) < 4.78 is 0. The molecule has 8 heteroatoms. The Bertz CT molecular complexity index is 792.